The van der Waals surface area contributed by atoms with Crippen LogP contribution in [-0.4, -0.2) is 30.6 Å². The maximum absolute atomic E-state index is 9.39. The Balaban J connectivity index is 1.92. The molecular weight excluding hydrogens is 320 g/mol. The van der Waals surface area contributed by atoms with Gasteiger partial charge in [-0.1, -0.05) is 104 Å². The van der Waals surface area contributed by atoms with Crippen LogP contribution in [0.4, 0.5) is 0 Å². The largest absolute Gasteiger partial charge is 0.396 e. The van der Waals surface area contributed by atoms with E-state index in [9.17, 15) is 5.11 Å². The number of aliphatic hydroxyl groups is 1. The van der Waals surface area contributed by atoms with Gasteiger partial charge >= 0.3 is 0 Å². The molecule has 0 aromatic heterocycles. The zero-order chi connectivity index (χ0) is 18.9. The van der Waals surface area contributed by atoms with Crippen LogP contribution in [0.3, 0.4) is 0 Å². The molecule has 0 radical (unpaired) electrons. The average Bonchev–Trinajstić information content (AvgIpc) is 3.18. The van der Waals surface area contributed by atoms with Gasteiger partial charge in [-0.25, -0.2) is 0 Å². The summed E-state index contributed by atoms with van der Waals surface area (Å²) >= 11 is 0. The molecule has 1 aliphatic heterocycles. The zero-order valence-corrected chi connectivity index (χ0v) is 17.8. The Morgan fingerprint density at radius 3 is 1.73 bits per heavy atom. The predicted octanol–water partition coefficient (Wildman–Crippen LogP) is 6.25. The van der Waals surface area contributed by atoms with Crippen LogP contribution in [0.15, 0.2) is 4.99 Å². The van der Waals surface area contributed by atoms with Gasteiger partial charge in [0.2, 0.25) is 0 Å². The van der Waals surface area contributed by atoms with Crippen molar-refractivity contribution in [3.8, 4) is 0 Å². The number of hydrogen-bond acceptors (Lipinski definition) is 3. The van der Waals surface area contributed by atoms with Gasteiger partial charge in [-0.2, -0.15) is 0 Å². The van der Waals surface area contributed by atoms with Crippen LogP contribution in [0.25, 0.3) is 0 Å². The van der Waals surface area contributed by atoms with Crippen molar-refractivity contribution in [2.45, 2.75) is 117 Å². The number of aliphatic hydroxyl groups excluding tert-OH is 1. The number of nitrogens with one attached hydrogen (secondary N) is 1. The van der Waals surface area contributed by atoms with Crippen molar-refractivity contribution in [2.24, 2.45) is 10.4 Å². The molecule has 0 aliphatic carbocycles. The van der Waals surface area contributed by atoms with E-state index in [2.05, 4.69) is 24.2 Å². The molecule has 0 spiro atoms. The summed E-state index contributed by atoms with van der Waals surface area (Å²) < 4.78 is 0. The molecule has 154 valence electrons. The highest BCUT2D eigenvalue weighted by Gasteiger charge is 2.31. The number of nitrogens with zero attached hydrogens (tertiary/aromatic N) is 1. The van der Waals surface area contributed by atoms with Gasteiger partial charge in [-0.3, -0.25) is 4.99 Å². The molecule has 1 aliphatic rings. The molecule has 1 heterocycles. The molecule has 0 saturated heterocycles. The first-order chi connectivity index (χ1) is 12.7. The average molecular weight is 367 g/mol. The summed E-state index contributed by atoms with van der Waals surface area (Å²) in [6.07, 6.45) is 21.6. The Kier molecular flexibility index (Phi) is 14.0. The smallest absolute Gasteiger partial charge is 0.102 e. The van der Waals surface area contributed by atoms with Crippen molar-refractivity contribution in [2.75, 3.05) is 19.7 Å². The predicted molar refractivity (Wildman–Crippen MR) is 115 cm³/mol. The van der Waals surface area contributed by atoms with Gasteiger partial charge in [0.05, 0.1) is 6.54 Å². The lowest BCUT2D eigenvalue weighted by Crippen LogP contribution is -2.37. The third-order valence-corrected chi connectivity index (χ3v) is 5.99. The van der Waals surface area contributed by atoms with Gasteiger partial charge in [0, 0.05) is 18.6 Å². The van der Waals surface area contributed by atoms with Crippen LogP contribution >= 0.6 is 0 Å². The number of amidine groups is 1. The molecule has 2 N–H and O–H groups in total. The number of unbranched alkanes of at least 4 members (excludes halogenated alkanes) is 13. The molecule has 0 fully saturated rings. The van der Waals surface area contributed by atoms with E-state index in [1.807, 2.05) is 0 Å². The van der Waals surface area contributed by atoms with Gasteiger partial charge in [0.1, 0.15) is 5.84 Å². The van der Waals surface area contributed by atoms with Gasteiger partial charge < -0.3 is 10.4 Å². The summed E-state index contributed by atoms with van der Waals surface area (Å²) in [5, 5.41) is 12.8. The van der Waals surface area contributed by atoms with E-state index in [4.69, 9.17) is 0 Å². The second kappa shape index (κ2) is 15.5. The first kappa shape index (κ1) is 23.5. The Morgan fingerprint density at radius 2 is 1.31 bits per heavy atom. The van der Waals surface area contributed by atoms with Crippen LogP contribution in [0.2, 0.25) is 0 Å². The molecule has 3 heteroatoms. The van der Waals surface area contributed by atoms with Crippen LogP contribution < -0.4 is 5.32 Å². The number of hydrogen-bond donors (Lipinski definition) is 2. The van der Waals surface area contributed by atoms with E-state index in [0.717, 1.165) is 31.8 Å². The van der Waals surface area contributed by atoms with Gasteiger partial charge in [0.25, 0.3) is 0 Å². The summed E-state index contributed by atoms with van der Waals surface area (Å²) in [6.45, 7) is 6.68. The number of rotatable bonds is 18. The van der Waals surface area contributed by atoms with Crippen LogP contribution in [-0.2, 0) is 0 Å². The van der Waals surface area contributed by atoms with E-state index in [1.165, 1.54) is 89.9 Å². The zero-order valence-electron chi connectivity index (χ0n) is 17.8. The van der Waals surface area contributed by atoms with Crippen molar-refractivity contribution < 1.29 is 5.11 Å². The van der Waals surface area contributed by atoms with Crippen LogP contribution in [0.5, 0.6) is 0 Å². The highest BCUT2D eigenvalue weighted by Crippen LogP contribution is 2.30. The molecule has 3 nitrogen and oxygen atoms in total. The van der Waals surface area contributed by atoms with E-state index < -0.39 is 0 Å². The lowest BCUT2D eigenvalue weighted by atomic mass is 9.80. The lowest BCUT2D eigenvalue weighted by molar-refractivity contribution is 0.229. The fourth-order valence-corrected chi connectivity index (χ4v) is 4.12. The molecule has 0 saturated carbocycles. The molecule has 1 atom stereocenters. The SMILES string of the molecule is CCCCCCCCCCCCCCCCC(C)(CCO)C1=NCCN1. The van der Waals surface area contributed by atoms with E-state index >= 15 is 0 Å². The van der Waals surface area contributed by atoms with Gasteiger partial charge in [-0.15, -0.1) is 0 Å². The van der Waals surface area contributed by atoms with Crippen LogP contribution in [0.1, 0.15) is 117 Å². The second-order valence-corrected chi connectivity index (χ2v) is 8.54. The maximum atomic E-state index is 9.39. The van der Waals surface area contributed by atoms with Crippen molar-refractivity contribution in [3.05, 3.63) is 0 Å². The Hall–Kier alpha value is -0.570. The van der Waals surface area contributed by atoms with Gasteiger partial charge in [0.15, 0.2) is 0 Å². The summed E-state index contributed by atoms with van der Waals surface area (Å²) in [5.41, 5.74) is 0.0579. The molecular formula is C23H46N2O. The maximum Gasteiger partial charge on any atom is 0.102 e. The fourth-order valence-electron chi connectivity index (χ4n) is 4.12. The van der Waals surface area contributed by atoms with Crippen molar-refractivity contribution >= 4 is 5.84 Å². The standard InChI is InChI=1S/C23H46N2O/c1-3-4-5-6-7-8-9-10-11-12-13-14-15-16-17-23(2,18-21-26)22-24-19-20-25-22/h26H,3-21H2,1-2H3,(H,24,25). The highest BCUT2D eigenvalue weighted by atomic mass is 16.3. The highest BCUT2D eigenvalue weighted by molar-refractivity contribution is 5.89. The molecule has 0 amide bonds. The Labute approximate surface area is 163 Å². The summed E-state index contributed by atoms with van der Waals surface area (Å²) in [7, 11) is 0. The van der Waals surface area contributed by atoms with E-state index in [-0.39, 0.29) is 12.0 Å². The summed E-state index contributed by atoms with van der Waals surface area (Å²) in [4.78, 5) is 4.61. The normalized spacial score (nSPS) is 16.3. The van der Waals surface area contributed by atoms with Crippen LogP contribution in [0, 0.1) is 5.41 Å². The van der Waals surface area contributed by atoms with E-state index in [0.29, 0.717) is 0 Å². The Morgan fingerprint density at radius 1 is 0.808 bits per heavy atom. The number of aliphatic imine (C=N–C) groups is 1. The van der Waals surface area contributed by atoms with Crippen molar-refractivity contribution in [1.82, 2.24) is 5.32 Å². The van der Waals surface area contributed by atoms with Crippen molar-refractivity contribution in [1.29, 1.82) is 0 Å². The second-order valence-electron chi connectivity index (χ2n) is 8.54. The lowest BCUT2D eigenvalue weighted by Gasteiger charge is -2.29. The summed E-state index contributed by atoms with van der Waals surface area (Å²) in [6, 6.07) is 0. The topological polar surface area (TPSA) is 44.6 Å². The monoisotopic (exact) mass is 366 g/mol. The molecule has 0 aromatic rings. The quantitative estimate of drug-likeness (QED) is 0.282. The third-order valence-electron chi connectivity index (χ3n) is 5.99. The first-order valence-corrected chi connectivity index (χ1v) is 11.6. The first-order valence-electron chi connectivity index (χ1n) is 11.6. The minimum atomic E-state index is 0.0579. The van der Waals surface area contributed by atoms with Gasteiger partial charge in [-0.05, 0) is 12.8 Å². The molecule has 0 bridgehead atoms. The minimum absolute atomic E-state index is 0.0579. The van der Waals surface area contributed by atoms with Crippen molar-refractivity contribution in [3.63, 3.8) is 0 Å². The van der Waals surface area contributed by atoms with E-state index in [1.54, 1.807) is 0 Å². The molecule has 1 rings (SSSR count). The minimum Gasteiger partial charge on any atom is -0.396 e. The third kappa shape index (κ3) is 10.5. The fraction of sp³-hybridized carbons (Fsp3) is 0.957. The molecule has 26 heavy (non-hydrogen) atoms. The summed E-state index contributed by atoms with van der Waals surface area (Å²) in [5.74, 6) is 1.14. The molecule has 0 aromatic carbocycles. The Bertz CT molecular complexity index is 356. The molecule has 1 unspecified atom stereocenters.